The molecule has 0 aliphatic carbocycles. The maximum absolute atomic E-state index is 6.96. The van der Waals surface area contributed by atoms with Crippen LogP contribution >= 0.6 is 23.8 Å². The van der Waals surface area contributed by atoms with Gasteiger partial charge in [-0.25, -0.2) is 4.98 Å². The summed E-state index contributed by atoms with van der Waals surface area (Å²) in [5.74, 6) is 1.66. The van der Waals surface area contributed by atoms with E-state index >= 15 is 0 Å². The Morgan fingerprint density at radius 2 is 1.69 bits per heavy atom. The van der Waals surface area contributed by atoms with Crippen molar-refractivity contribution in [2.75, 3.05) is 22.9 Å². The lowest BCUT2D eigenvalue weighted by Crippen LogP contribution is -2.33. The average molecular weight is 557 g/mol. The number of pyridine rings is 2. The molecule has 39 heavy (non-hydrogen) atoms. The number of hydrogen-bond acceptors (Lipinski definition) is 4. The molecule has 5 heterocycles. The molecule has 3 aromatic heterocycles. The number of nitrogens with one attached hydrogen (secondary N) is 1. The van der Waals surface area contributed by atoms with Crippen LogP contribution in [0.2, 0.25) is 5.02 Å². The zero-order chi connectivity index (χ0) is 27.1. The zero-order valence-corrected chi connectivity index (χ0v) is 24.1. The van der Waals surface area contributed by atoms with Crippen LogP contribution in [0.4, 0.5) is 11.4 Å². The molecule has 2 fully saturated rings. The third kappa shape index (κ3) is 4.79. The van der Waals surface area contributed by atoms with Gasteiger partial charge in [0.25, 0.3) is 0 Å². The fraction of sp³-hybridized carbons (Fsp3) is 0.323. The Bertz CT molecular complexity index is 1480. The fourth-order valence-electron chi connectivity index (χ4n) is 6.03. The molecular formula is C31H33ClN6S. The first kappa shape index (κ1) is 25.8. The van der Waals surface area contributed by atoms with E-state index in [1.54, 1.807) is 0 Å². The molecule has 2 aliphatic heterocycles. The van der Waals surface area contributed by atoms with E-state index in [1.807, 2.05) is 42.7 Å². The Morgan fingerprint density at radius 1 is 0.949 bits per heavy atom. The van der Waals surface area contributed by atoms with E-state index in [4.69, 9.17) is 28.8 Å². The summed E-state index contributed by atoms with van der Waals surface area (Å²) in [6.45, 7) is 8.67. The molecule has 6 nitrogen and oxygen atoms in total. The average Bonchev–Trinajstić information content (AvgIpc) is 3.45. The molecular weight excluding hydrogens is 524 g/mol. The molecule has 200 valence electrons. The van der Waals surface area contributed by atoms with Gasteiger partial charge in [-0.05, 0) is 98.9 Å². The number of halogens is 1. The van der Waals surface area contributed by atoms with E-state index in [2.05, 4.69) is 75.8 Å². The summed E-state index contributed by atoms with van der Waals surface area (Å²) < 4.78 is 2.21. The Labute approximate surface area is 240 Å². The second kappa shape index (κ2) is 10.6. The number of aromatic nitrogens is 3. The number of hydrogen-bond donors (Lipinski definition) is 1. The minimum absolute atomic E-state index is 0.117. The smallest absolute Gasteiger partial charge is 0.174 e. The summed E-state index contributed by atoms with van der Waals surface area (Å²) in [6, 6.07) is 20.4. The Hall–Kier alpha value is -3.42. The fourth-order valence-corrected chi connectivity index (χ4v) is 6.67. The number of benzene rings is 1. The number of nitrogens with zero attached hydrogens (tertiary/aromatic N) is 5. The Balaban J connectivity index is 1.43. The first-order valence-electron chi connectivity index (χ1n) is 13.6. The van der Waals surface area contributed by atoms with E-state index < -0.39 is 0 Å². The molecule has 8 heteroatoms. The molecule has 2 saturated heterocycles. The van der Waals surface area contributed by atoms with Crippen LogP contribution in [0.25, 0.3) is 5.82 Å². The lowest BCUT2D eigenvalue weighted by atomic mass is 9.96. The van der Waals surface area contributed by atoms with Crippen molar-refractivity contribution in [3.63, 3.8) is 0 Å². The molecule has 4 aromatic rings. The van der Waals surface area contributed by atoms with Crippen LogP contribution < -0.4 is 15.1 Å². The van der Waals surface area contributed by atoms with Crippen molar-refractivity contribution in [2.45, 2.75) is 45.7 Å². The molecule has 1 aromatic carbocycles. The van der Waals surface area contributed by atoms with Gasteiger partial charge in [0.1, 0.15) is 5.82 Å². The highest BCUT2D eigenvalue weighted by Gasteiger charge is 2.42. The molecule has 0 bridgehead atoms. The molecule has 2 aliphatic rings. The van der Waals surface area contributed by atoms with Gasteiger partial charge >= 0.3 is 0 Å². The van der Waals surface area contributed by atoms with Gasteiger partial charge < -0.3 is 19.7 Å². The summed E-state index contributed by atoms with van der Waals surface area (Å²) in [6.07, 6.45) is 6.05. The molecule has 0 saturated carbocycles. The third-order valence-electron chi connectivity index (χ3n) is 8.10. The highest BCUT2D eigenvalue weighted by Crippen LogP contribution is 2.45. The van der Waals surface area contributed by atoms with E-state index in [0.29, 0.717) is 5.11 Å². The zero-order valence-electron chi connectivity index (χ0n) is 22.5. The van der Waals surface area contributed by atoms with E-state index in [1.165, 1.54) is 18.4 Å². The van der Waals surface area contributed by atoms with E-state index in [0.717, 1.165) is 58.3 Å². The van der Waals surface area contributed by atoms with Crippen molar-refractivity contribution < 1.29 is 0 Å². The van der Waals surface area contributed by atoms with Gasteiger partial charge in [0, 0.05) is 42.6 Å². The Kier molecular flexibility index (Phi) is 7.04. The summed E-state index contributed by atoms with van der Waals surface area (Å²) in [4.78, 5) is 13.9. The van der Waals surface area contributed by atoms with Gasteiger partial charge in [-0.15, -0.1) is 0 Å². The van der Waals surface area contributed by atoms with Gasteiger partial charge in [-0.2, -0.15) is 0 Å². The predicted molar refractivity (Wildman–Crippen MR) is 163 cm³/mol. The van der Waals surface area contributed by atoms with Gasteiger partial charge in [-0.3, -0.25) is 4.98 Å². The second-order valence-electron chi connectivity index (χ2n) is 10.7. The van der Waals surface area contributed by atoms with Crippen LogP contribution in [0, 0.1) is 19.8 Å². The molecule has 2 atom stereocenters. The number of rotatable bonds is 5. The van der Waals surface area contributed by atoms with Crippen molar-refractivity contribution in [3.8, 4) is 5.82 Å². The largest absolute Gasteiger partial charge is 0.370 e. The lowest BCUT2D eigenvalue weighted by Gasteiger charge is -2.33. The monoisotopic (exact) mass is 556 g/mol. The summed E-state index contributed by atoms with van der Waals surface area (Å²) >= 11 is 12.9. The predicted octanol–water partition coefficient (Wildman–Crippen LogP) is 6.95. The SMILES string of the molecule is Cc1cc([C@@H]2[C@@H](c3ccccn3)NC(=S)N2c2ccc(N3CCC(C)CC3)c(Cl)c2)c(C)n1-c1ccccn1. The topological polar surface area (TPSA) is 49.2 Å². The minimum atomic E-state index is -0.126. The lowest BCUT2D eigenvalue weighted by molar-refractivity contribution is 0.438. The van der Waals surface area contributed by atoms with Crippen LogP contribution in [0.3, 0.4) is 0 Å². The van der Waals surface area contributed by atoms with Crippen LogP contribution in [0.1, 0.15) is 54.5 Å². The van der Waals surface area contributed by atoms with Crippen molar-refractivity contribution >= 4 is 40.3 Å². The number of piperidine rings is 1. The normalized spacial score (nSPS) is 19.9. The van der Waals surface area contributed by atoms with Crippen molar-refractivity contribution in [1.29, 1.82) is 0 Å². The van der Waals surface area contributed by atoms with Crippen LogP contribution in [-0.2, 0) is 0 Å². The van der Waals surface area contributed by atoms with E-state index in [-0.39, 0.29) is 12.1 Å². The van der Waals surface area contributed by atoms with Gasteiger partial charge in [0.05, 0.1) is 28.5 Å². The van der Waals surface area contributed by atoms with Crippen molar-refractivity contribution in [1.82, 2.24) is 19.9 Å². The standard InChI is InChI=1S/C31H33ClN6S/c1-20-12-16-36(17-13-20)27-11-10-23(19-25(27)32)38-30(29(35-31(38)39)26-8-4-6-14-33-26)24-18-21(2)37(22(24)3)28-9-5-7-15-34-28/h4-11,14-15,18-20,29-30H,12-13,16-17H2,1-3H3,(H,35,39)/t29-,30-/m1/s1. The summed E-state index contributed by atoms with van der Waals surface area (Å²) in [5, 5.41) is 5.00. The number of anilines is 2. The first-order chi connectivity index (χ1) is 18.9. The van der Waals surface area contributed by atoms with Crippen molar-refractivity contribution in [3.05, 3.63) is 101 Å². The highest BCUT2D eigenvalue weighted by molar-refractivity contribution is 7.80. The van der Waals surface area contributed by atoms with Gasteiger partial charge in [0.2, 0.25) is 0 Å². The molecule has 0 amide bonds. The minimum Gasteiger partial charge on any atom is -0.370 e. The second-order valence-corrected chi connectivity index (χ2v) is 11.4. The molecule has 1 N–H and O–H groups in total. The van der Waals surface area contributed by atoms with Crippen LogP contribution in [-0.4, -0.2) is 32.7 Å². The molecule has 0 unspecified atom stereocenters. The van der Waals surface area contributed by atoms with Crippen LogP contribution in [0.15, 0.2) is 73.1 Å². The molecule has 0 spiro atoms. The molecule has 0 radical (unpaired) electrons. The number of aryl methyl sites for hydroxylation is 1. The quantitative estimate of drug-likeness (QED) is 0.268. The maximum atomic E-state index is 6.96. The van der Waals surface area contributed by atoms with Gasteiger partial charge in [0.15, 0.2) is 5.11 Å². The molecule has 6 rings (SSSR count). The summed E-state index contributed by atoms with van der Waals surface area (Å²) in [5.41, 5.74) is 6.42. The van der Waals surface area contributed by atoms with E-state index in [9.17, 15) is 0 Å². The van der Waals surface area contributed by atoms with Crippen LogP contribution in [0.5, 0.6) is 0 Å². The first-order valence-corrected chi connectivity index (χ1v) is 14.4. The third-order valence-corrected chi connectivity index (χ3v) is 8.72. The van der Waals surface area contributed by atoms with Gasteiger partial charge in [-0.1, -0.05) is 30.7 Å². The van der Waals surface area contributed by atoms with Crippen molar-refractivity contribution in [2.24, 2.45) is 5.92 Å². The Morgan fingerprint density at radius 3 is 2.36 bits per heavy atom. The number of thiocarbonyl (C=S) groups is 1. The highest BCUT2D eigenvalue weighted by atomic mass is 35.5. The maximum Gasteiger partial charge on any atom is 0.174 e. The summed E-state index contributed by atoms with van der Waals surface area (Å²) in [7, 11) is 0.